The first-order valence-corrected chi connectivity index (χ1v) is 9.23. The molecule has 0 fully saturated rings. The second kappa shape index (κ2) is 8.71. The number of imidazole rings is 1. The number of ether oxygens (including phenoxy) is 1. The number of aliphatic carboxylic acids is 1. The number of rotatable bonds is 9. The number of aryl methyl sites for hydroxylation is 2. The van der Waals surface area contributed by atoms with Gasteiger partial charge in [-0.05, 0) is 19.4 Å². The summed E-state index contributed by atoms with van der Waals surface area (Å²) in [6.07, 6.45) is 6.17. The lowest BCUT2D eigenvalue weighted by Crippen LogP contribution is -2.33. The summed E-state index contributed by atoms with van der Waals surface area (Å²) in [5, 5.41) is 9.86. The summed E-state index contributed by atoms with van der Waals surface area (Å²) in [7, 11) is 0. The van der Waals surface area contributed by atoms with Gasteiger partial charge >= 0.3 is 11.9 Å². The van der Waals surface area contributed by atoms with Crippen molar-refractivity contribution in [3.05, 3.63) is 54.2 Å². The first-order chi connectivity index (χ1) is 13.5. The van der Waals surface area contributed by atoms with Crippen molar-refractivity contribution in [3.63, 3.8) is 0 Å². The van der Waals surface area contributed by atoms with E-state index in [-0.39, 0.29) is 12.4 Å². The van der Waals surface area contributed by atoms with Gasteiger partial charge in [0.15, 0.2) is 0 Å². The number of para-hydroxylation sites is 1. The number of benzene rings is 1. The highest BCUT2D eigenvalue weighted by Gasteiger charge is 2.17. The molecule has 1 aromatic carbocycles. The van der Waals surface area contributed by atoms with Crippen LogP contribution in [0.4, 0.5) is 0 Å². The highest BCUT2D eigenvalue weighted by molar-refractivity contribution is 6.04. The van der Waals surface area contributed by atoms with Crippen LogP contribution in [0.3, 0.4) is 0 Å². The number of nitrogens with two attached hydrogens (primary N) is 1. The molecule has 28 heavy (non-hydrogen) atoms. The van der Waals surface area contributed by atoms with Gasteiger partial charge in [-0.3, -0.25) is 4.79 Å². The van der Waals surface area contributed by atoms with Crippen molar-refractivity contribution in [2.45, 2.75) is 38.9 Å². The van der Waals surface area contributed by atoms with Crippen molar-refractivity contribution >= 4 is 22.8 Å². The van der Waals surface area contributed by atoms with E-state index in [2.05, 4.69) is 4.98 Å². The molecule has 3 aromatic rings. The highest BCUT2D eigenvalue weighted by atomic mass is 16.5. The smallest absolute Gasteiger partial charge is 0.340 e. The second-order valence-electron chi connectivity index (χ2n) is 6.55. The second-order valence-corrected chi connectivity index (χ2v) is 6.55. The first kappa shape index (κ1) is 19.6. The number of nitrogens with zero attached hydrogens (tertiary/aromatic N) is 3. The Morgan fingerprint density at radius 3 is 2.75 bits per heavy atom. The molecule has 8 heteroatoms. The Bertz CT molecular complexity index is 976. The zero-order chi connectivity index (χ0) is 20.1. The molecule has 0 saturated heterocycles. The minimum Gasteiger partial charge on any atom is -0.480 e. The summed E-state index contributed by atoms with van der Waals surface area (Å²) >= 11 is 0. The Hall–Kier alpha value is -3.13. The van der Waals surface area contributed by atoms with Crippen LogP contribution >= 0.6 is 0 Å². The van der Waals surface area contributed by atoms with Gasteiger partial charge in [-0.1, -0.05) is 18.2 Å². The number of carboxylic acids is 1. The minimum absolute atomic E-state index is 0.231. The Morgan fingerprint density at radius 1 is 1.25 bits per heavy atom. The molecule has 1 atom stereocenters. The lowest BCUT2D eigenvalue weighted by Gasteiger charge is -2.11. The van der Waals surface area contributed by atoms with Crippen molar-refractivity contribution in [3.8, 4) is 0 Å². The SMILES string of the molecule is CCOC(=O)c1cn(CCCn2cncc2CC(N)C(=O)O)c2ccccc12. The maximum Gasteiger partial charge on any atom is 0.340 e. The molecule has 0 amide bonds. The van der Waals surface area contributed by atoms with E-state index < -0.39 is 12.0 Å². The van der Waals surface area contributed by atoms with Crippen LogP contribution in [-0.2, 0) is 29.0 Å². The average molecular weight is 384 g/mol. The summed E-state index contributed by atoms with van der Waals surface area (Å²) < 4.78 is 9.12. The van der Waals surface area contributed by atoms with E-state index in [1.807, 2.05) is 39.6 Å². The summed E-state index contributed by atoms with van der Waals surface area (Å²) in [6.45, 7) is 3.49. The molecule has 0 saturated carbocycles. The van der Waals surface area contributed by atoms with Crippen molar-refractivity contribution < 1.29 is 19.4 Å². The monoisotopic (exact) mass is 384 g/mol. The van der Waals surface area contributed by atoms with Crippen LogP contribution in [0.5, 0.6) is 0 Å². The van der Waals surface area contributed by atoms with Crippen molar-refractivity contribution in [2.24, 2.45) is 5.73 Å². The van der Waals surface area contributed by atoms with Crippen LogP contribution < -0.4 is 5.73 Å². The minimum atomic E-state index is -1.03. The molecule has 2 aromatic heterocycles. The molecule has 3 N–H and O–H groups in total. The molecule has 0 spiro atoms. The molecule has 0 aliphatic carbocycles. The number of carbonyl (C=O) groups is 2. The summed E-state index contributed by atoms with van der Waals surface area (Å²) in [4.78, 5) is 27.3. The third kappa shape index (κ3) is 4.23. The van der Waals surface area contributed by atoms with Gasteiger partial charge in [-0.15, -0.1) is 0 Å². The lowest BCUT2D eigenvalue weighted by molar-refractivity contribution is -0.138. The highest BCUT2D eigenvalue weighted by Crippen LogP contribution is 2.22. The maximum absolute atomic E-state index is 12.2. The van der Waals surface area contributed by atoms with Gasteiger partial charge in [0, 0.05) is 48.5 Å². The fraction of sp³-hybridized carbons (Fsp3) is 0.350. The zero-order valence-corrected chi connectivity index (χ0v) is 15.7. The van der Waals surface area contributed by atoms with Crippen molar-refractivity contribution in [1.82, 2.24) is 14.1 Å². The molecule has 0 radical (unpaired) electrons. The standard InChI is InChI=1S/C20H24N4O4/c1-2-28-20(27)16-12-23(18-7-4-3-6-15(16)18)8-5-9-24-13-22-11-14(24)10-17(21)19(25)26/h3-4,6-7,11-13,17H,2,5,8-10,21H2,1H3,(H,25,26). The normalized spacial score (nSPS) is 12.2. The summed E-state index contributed by atoms with van der Waals surface area (Å²) in [6, 6.07) is 6.79. The number of hydrogen-bond acceptors (Lipinski definition) is 5. The molecule has 3 rings (SSSR count). The fourth-order valence-corrected chi connectivity index (χ4v) is 3.25. The van der Waals surface area contributed by atoms with Crippen LogP contribution in [0.2, 0.25) is 0 Å². The number of esters is 1. The van der Waals surface area contributed by atoms with E-state index in [9.17, 15) is 9.59 Å². The Morgan fingerprint density at radius 2 is 2.00 bits per heavy atom. The predicted molar refractivity (Wildman–Crippen MR) is 104 cm³/mol. The van der Waals surface area contributed by atoms with Gasteiger partial charge in [0.1, 0.15) is 6.04 Å². The Labute approximate surface area is 162 Å². The third-order valence-corrected chi connectivity index (χ3v) is 4.63. The number of carbonyl (C=O) groups excluding carboxylic acids is 1. The van der Waals surface area contributed by atoms with E-state index in [0.717, 1.165) is 23.0 Å². The van der Waals surface area contributed by atoms with Gasteiger partial charge in [0.2, 0.25) is 0 Å². The maximum atomic E-state index is 12.2. The lowest BCUT2D eigenvalue weighted by atomic mass is 10.2. The van der Waals surface area contributed by atoms with Gasteiger partial charge in [-0.25, -0.2) is 9.78 Å². The van der Waals surface area contributed by atoms with Crippen LogP contribution in [0, 0.1) is 0 Å². The Balaban J connectivity index is 1.71. The molecule has 0 aliphatic rings. The molecular formula is C20H24N4O4. The first-order valence-electron chi connectivity index (χ1n) is 9.23. The van der Waals surface area contributed by atoms with E-state index in [1.165, 1.54) is 0 Å². The number of aromatic nitrogens is 3. The van der Waals surface area contributed by atoms with Gasteiger partial charge in [0.25, 0.3) is 0 Å². The molecule has 2 heterocycles. The topological polar surface area (TPSA) is 112 Å². The molecule has 148 valence electrons. The molecular weight excluding hydrogens is 360 g/mol. The summed E-state index contributed by atoms with van der Waals surface area (Å²) in [5.41, 5.74) is 7.96. The number of hydrogen-bond donors (Lipinski definition) is 2. The third-order valence-electron chi connectivity index (χ3n) is 4.63. The van der Waals surface area contributed by atoms with Gasteiger partial charge in [-0.2, -0.15) is 0 Å². The number of fused-ring (bicyclic) bond motifs is 1. The molecule has 1 unspecified atom stereocenters. The average Bonchev–Trinajstić information content (AvgIpc) is 3.27. The largest absolute Gasteiger partial charge is 0.480 e. The molecule has 0 aliphatic heterocycles. The van der Waals surface area contributed by atoms with E-state index in [4.69, 9.17) is 15.6 Å². The molecule has 0 bridgehead atoms. The van der Waals surface area contributed by atoms with Gasteiger partial charge in [0.05, 0.1) is 18.5 Å². The molecule has 8 nitrogen and oxygen atoms in total. The summed E-state index contributed by atoms with van der Waals surface area (Å²) in [5.74, 6) is -1.35. The quantitative estimate of drug-likeness (QED) is 0.546. The fourth-order valence-electron chi connectivity index (χ4n) is 3.25. The predicted octanol–water partition coefficient (Wildman–Crippen LogP) is 2.06. The van der Waals surface area contributed by atoms with Crippen molar-refractivity contribution in [1.29, 1.82) is 0 Å². The van der Waals surface area contributed by atoms with E-state index in [0.29, 0.717) is 25.3 Å². The zero-order valence-electron chi connectivity index (χ0n) is 15.7. The van der Waals surface area contributed by atoms with Crippen LogP contribution in [-0.4, -0.2) is 43.8 Å². The Kier molecular flexibility index (Phi) is 6.10. The van der Waals surface area contributed by atoms with Crippen LogP contribution in [0.15, 0.2) is 43.0 Å². The van der Waals surface area contributed by atoms with Crippen molar-refractivity contribution in [2.75, 3.05) is 6.61 Å². The van der Waals surface area contributed by atoms with Crippen LogP contribution in [0.1, 0.15) is 29.4 Å². The van der Waals surface area contributed by atoms with E-state index >= 15 is 0 Å². The number of carboxylic acid groups (broad SMARTS) is 1. The van der Waals surface area contributed by atoms with Gasteiger partial charge < -0.3 is 24.7 Å². The van der Waals surface area contributed by atoms with E-state index in [1.54, 1.807) is 19.4 Å². The van der Waals surface area contributed by atoms with Crippen LogP contribution in [0.25, 0.3) is 10.9 Å².